The third-order valence-electron chi connectivity index (χ3n) is 2.82. The predicted molar refractivity (Wildman–Crippen MR) is 55.5 cm³/mol. The highest BCUT2D eigenvalue weighted by atomic mass is 16.1. The molecule has 3 nitrogen and oxygen atoms in total. The Morgan fingerprint density at radius 2 is 2.00 bits per heavy atom. The van der Waals surface area contributed by atoms with Crippen molar-refractivity contribution in [3.63, 3.8) is 0 Å². The standard InChI is InChI=1S/C11H15NO2/c1-7-5-6-12-11(4,9(3)14)10(7)8(2)13/h5-6,10H,1-4H3. The molecule has 0 bridgehead atoms. The molecular weight excluding hydrogens is 178 g/mol. The van der Waals surface area contributed by atoms with E-state index in [1.165, 1.54) is 13.8 Å². The molecule has 0 aliphatic carbocycles. The average molecular weight is 193 g/mol. The Hall–Kier alpha value is -1.25. The van der Waals surface area contributed by atoms with Crippen LogP contribution in [0.1, 0.15) is 27.7 Å². The first-order valence-electron chi connectivity index (χ1n) is 4.63. The Bertz CT molecular complexity index is 341. The molecule has 0 aromatic rings. The van der Waals surface area contributed by atoms with Crippen LogP contribution >= 0.6 is 0 Å². The molecule has 1 aliphatic rings. The van der Waals surface area contributed by atoms with Gasteiger partial charge in [-0.2, -0.15) is 0 Å². The Morgan fingerprint density at radius 3 is 2.36 bits per heavy atom. The molecule has 1 aliphatic heterocycles. The maximum Gasteiger partial charge on any atom is 0.158 e. The molecule has 0 amide bonds. The second kappa shape index (κ2) is 3.48. The van der Waals surface area contributed by atoms with Crippen molar-refractivity contribution in [2.75, 3.05) is 0 Å². The third-order valence-corrected chi connectivity index (χ3v) is 2.82. The van der Waals surface area contributed by atoms with Crippen molar-refractivity contribution in [3.8, 4) is 0 Å². The molecule has 76 valence electrons. The zero-order chi connectivity index (χ0) is 10.9. The first kappa shape index (κ1) is 10.8. The van der Waals surface area contributed by atoms with Crippen LogP contribution in [0.25, 0.3) is 0 Å². The fourth-order valence-electron chi connectivity index (χ4n) is 1.93. The minimum atomic E-state index is -0.898. The van der Waals surface area contributed by atoms with Crippen LogP contribution in [0.2, 0.25) is 0 Å². The molecule has 2 atom stereocenters. The van der Waals surface area contributed by atoms with E-state index in [1.807, 2.05) is 6.92 Å². The molecule has 1 rings (SSSR count). The van der Waals surface area contributed by atoms with Gasteiger partial charge in [-0.1, -0.05) is 5.57 Å². The minimum Gasteiger partial charge on any atom is -0.299 e. The monoisotopic (exact) mass is 193 g/mol. The van der Waals surface area contributed by atoms with E-state index in [9.17, 15) is 9.59 Å². The third kappa shape index (κ3) is 1.54. The molecule has 2 unspecified atom stereocenters. The maximum atomic E-state index is 11.5. The molecule has 14 heavy (non-hydrogen) atoms. The van der Waals surface area contributed by atoms with E-state index in [0.717, 1.165) is 5.57 Å². The summed E-state index contributed by atoms with van der Waals surface area (Å²) >= 11 is 0. The van der Waals surface area contributed by atoms with Gasteiger partial charge < -0.3 is 0 Å². The van der Waals surface area contributed by atoms with E-state index in [2.05, 4.69) is 4.99 Å². The fourth-order valence-corrected chi connectivity index (χ4v) is 1.93. The molecule has 1 heterocycles. The summed E-state index contributed by atoms with van der Waals surface area (Å²) in [6.45, 7) is 6.56. The number of hydrogen-bond acceptors (Lipinski definition) is 3. The summed E-state index contributed by atoms with van der Waals surface area (Å²) in [4.78, 5) is 27.1. The van der Waals surface area contributed by atoms with E-state index >= 15 is 0 Å². The largest absolute Gasteiger partial charge is 0.299 e. The number of dihydropyridines is 1. The first-order chi connectivity index (χ1) is 6.39. The van der Waals surface area contributed by atoms with Crippen LogP contribution in [0.3, 0.4) is 0 Å². The molecular formula is C11H15NO2. The quantitative estimate of drug-likeness (QED) is 0.668. The molecule has 0 radical (unpaired) electrons. The summed E-state index contributed by atoms with van der Waals surface area (Å²) in [5.41, 5.74) is 0.00944. The topological polar surface area (TPSA) is 46.5 Å². The minimum absolute atomic E-state index is 0.00620. The molecule has 0 saturated carbocycles. The van der Waals surface area contributed by atoms with E-state index in [4.69, 9.17) is 0 Å². The van der Waals surface area contributed by atoms with Gasteiger partial charge in [-0.05, 0) is 33.8 Å². The van der Waals surface area contributed by atoms with Crippen LogP contribution in [-0.2, 0) is 9.59 Å². The van der Waals surface area contributed by atoms with Gasteiger partial charge in [0.15, 0.2) is 5.78 Å². The van der Waals surface area contributed by atoms with Crippen molar-refractivity contribution in [1.29, 1.82) is 0 Å². The molecule has 0 aromatic carbocycles. The lowest BCUT2D eigenvalue weighted by molar-refractivity contribution is -0.129. The number of ketones is 2. The number of carbonyl (C=O) groups excluding carboxylic acids is 2. The predicted octanol–water partition coefficient (Wildman–Crippen LogP) is 1.57. The van der Waals surface area contributed by atoms with Crippen LogP contribution in [0, 0.1) is 5.92 Å². The van der Waals surface area contributed by atoms with Gasteiger partial charge >= 0.3 is 0 Å². The molecule has 0 spiro atoms. The number of rotatable bonds is 2. The van der Waals surface area contributed by atoms with Gasteiger partial charge in [0.1, 0.15) is 11.3 Å². The van der Waals surface area contributed by atoms with Crippen molar-refractivity contribution in [2.45, 2.75) is 33.2 Å². The number of aliphatic imine (C=N–C) groups is 1. The summed E-state index contributed by atoms with van der Waals surface area (Å²) in [6.07, 6.45) is 3.40. The molecule has 0 N–H and O–H groups in total. The molecule has 3 heteroatoms. The van der Waals surface area contributed by atoms with Crippen LogP contribution in [-0.4, -0.2) is 23.3 Å². The lowest BCUT2D eigenvalue weighted by atomic mass is 9.75. The summed E-state index contributed by atoms with van der Waals surface area (Å²) in [5.74, 6) is -0.472. The van der Waals surface area contributed by atoms with E-state index < -0.39 is 11.5 Å². The zero-order valence-corrected chi connectivity index (χ0v) is 9.00. The van der Waals surface area contributed by atoms with Crippen molar-refractivity contribution >= 4 is 17.8 Å². The highest BCUT2D eigenvalue weighted by Gasteiger charge is 2.42. The molecule has 0 aromatic heterocycles. The highest BCUT2D eigenvalue weighted by molar-refractivity contribution is 5.98. The van der Waals surface area contributed by atoms with Gasteiger partial charge in [-0.25, -0.2) is 0 Å². The molecule has 0 fully saturated rings. The van der Waals surface area contributed by atoms with Crippen molar-refractivity contribution in [1.82, 2.24) is 0 Å². The van der Waals surface area contributed by atoms with Gasteiger partial charge in [0.2, 0.25) is 0 Å². The second-order valence-corrected chi connectivity index (χ2v) is 3.94. The SMILES string of the molecule is CC(=O)C1C(C)=CC=NC1(C)C(C)=O. The first-order valence-corrected chi connectivity index (χ1v) is 4.63. The lowest BCUT2D eigenvalue weighted by Crippen LogP contribution is -2.45. The lowest BCUT2D eigenvalue weighted by Gasteiger charge is -2.33. The second-order valence-electron chi connectivity index (χ2n) is 3.94. The van der Waals surface area contributed by atoms with E-state index in [1.54, 1.807) is 19.2 Å². The Labute approximate surface area is 83.9 Å². The Morgan fingerprint density at radius 1 is 1.43 bits per heavy atom. The van der Waals surface area contributed by atoms with E-state index in [-0.39, 0.29) is 11.6 Å². The number of hydrogen-bond donors (Lipinski definition) is 0. The van der Waals surface area contributed by atoms with Gasteiger partial charge in [0, 0.05) is 6.21 Å². The summed E-state index contributed by atoms with van der Waals surface area (Å²) < 4.78 is 0. The van der Waals surface area contributed by atoms with Gasteiger partial charge in [-0.15, -0.1) is 0 Å². The van der Waals surface area contributed by atoms with Crippen LogP contribution in [0.5, 0.6) is 0 Å². The van der Waals surface area contributed by atoms with Crippen LogP contribution in [0.4, 0.5) is 0 Å². The summed E-state index contributed by atoms with van der Waals surface area (Å²) in [5, 5.41) is 0. The average Bonchev–Trinajstić information content (AvgIpc) is 2.02. The van der Waals surface area contributed by atoms with Crippen LogP contribution < -0.4 is 0 Å². The summed E-state index contributed by atoms with van der Waals surface area (Å²) in [7, 11) is 0. The Kier molecular flexibility index (Phi) is 2.69. The van der Waals surface area contributed by atoms with Gasteiger partial charge in [0.05, 0.1) is 5.92 Å². The van der Waals surface area contributed by atoms with Gasteiger partial charge in [-0.3, -0.25) is 14.6 Å². The van der Waals surface area contributed by atoms with Crippen molar-refractivity contribution < 1.29 is 9.59 Å². The zero-order valence-electron chi connectivity index (χ0n) is 9.00. The number of allylic oxidation sites excluding steroid dienone is 1. The van der Waals surface area contributed by atoms with Crippen LogP contribution in [0.15, 0.2) is 16.6 Å². The van der Waals surface area contributed by atoms with Crippen molar-refractivity contribution in [2.24, 2.45) is 10.9 Å². The smallest absolute Gasteiger partial charge is 0.158 e. The number of carbonyl (C=O) groups is 2. The maximum absolute atomic E-state index is 11.5. The number of nitrogens with zero attached hydrogens (tertiary/aromatic N) is 1. The van der Waals surface area contributed by atoms with Crippen molar-refractivity contribution in [3.05, 3.63) is 11.6 Å². The normalized spacial score (nSPS) is 31.1. The van der Waals surface area contributed by atoms with E-state index in [0.29, 0.717) is 0 Å². The summed E-state index contributed by atoms with van der Waals surface area (Å²) in [6, 6.07) is 0. The van der Waals surface area contributed by atoms with Gasteiger partial charge in [0.25, 0.3) is 0 Å². The number of Topliss-reactive ketones (excluding diaryl/α,β-unsaturated/α-hetero) is 2. The Balaban J connectivity index is 3.20. The fraction of sp³-hybridized carbons (Fsp3) is 0.545. The highest BCUT2D eigenvalue weighted by Crippen LogP contribution is 2.32. The molecule has 0 saturated heterocycles.